The lowest BCUT2D eigenvalue weighted by molar-refractivity contribution is -0.0123. The number of pyridine rings is 2. The maximum atomic E-state index is 17.3. The summed E-state index contributed by atoms with van der Waals surface area (Å²) in [6.07, 6.45) is 8.18. The molecular formula is C34H32F3N7O4. The first-order chi connectivity index (χ1) is 23.1. The molecule has 3 aliphatic rings. The molecule has 0 saturated carbocycles. The summed E-state index contributed by atoms with van der Waals surface area (Å²) >= 11 is 0. The molecule has 2 N–H and O–H groups in total. The van der Waals surface area contributed by atoms with E-state index >= 15 is 8.78 Å². The molecular weight excluding hydrogens is 627 g/mol. The van der Waals surface area contributed by atoms with Gasteiger partial charge in [-0.3, -0.25) is 9.69 Å². The number of ether oxygens (including phenoxy) is 2. The minimum absolute atomic E-state index is 0.0171. The zero-order valence-corrected chi connectivity index (χ0v) is 26.1. The van der Waals surface area contributed by atoms with E-state index in [9.17, 15) is 14.3 Å². The average Bonchev–Trinajstić information content (AvgIpc) is 3.72. The molecule has 48 heavy (non-hydrogen) atoms. The van der Waals surface area contributed by atoms with Gasteiger partial charge in [0.2, 0.25) is 5.56 Å². The number of halogens is 3. The van der Waals surface area contributed by atoms with Crippen LogP contribution in [0.15, 0.2) is 35.3 Å². The summed E-state index contributed by atoms with van der Waals surface area (Å²) in [4.78, 5) is 28.8. The molecule has 0 spiro atoms. The van der Waals surface area contributed by atoms with Gasteiger partial charge in [-0.25, -0.2) is 17.7 Å². The van der Waals surface area contributed by atoms with Gasteiger partial charge in [0.05, 0.1) is 53.5 Å². The molecule has 3 saturated heterocycles. The predicted octanol–water partition coefficient (Wildman–Crippen LogP) is 3.59. The molecule has 3 atom stereocenters. The number of fused-ring (bicyclic) bond motifs is 5. The van der Waals surface area contributed by atoms with Crippen molar-refractivity contribution in [3.63, 3.8) is 0 Å². The number of terminal acetylenes is 1. The Hall–Kier alpha value is -4.71. The molecule has 3 unspecified atom stereocenters. The molecule has 0 radical (unpaired) electrons. The molecule has 0 amide bonds. The van der Waals surface area contributed by atoms with E-state index in [1.807, 2.05) is 0 Å². The highest BCUT2D eigenvalue weighted by Crippen LogP contribution is 2.42. The number of aliphatic hydroxyl groups is 1. The number of nitrogens with zero attached hydrogens (tertiary/aromatic N) is 6. The molecule has 0 aliphatic carbocycles. The topological polar surface area (TPSA) is 121 Å². The second-order valence-corrected chi connectivity index (χ2v) is 13.2. The maximum absolute atomic E-state index is 17.3. The van der Waals surface area contributed by atoms with Gasteiger partial charge < -0.3 is 24.5 Å². The van der Waals surface area contributed by atoms with Crippen molar-refractivity contribution in [2.24, 2.45) is 0 Å². The van der Waals surface area contributed by atoms with Crippen LogP contribution in [0.3, 0.4) is 0 Å². The SMILES string of the molecule is C#Cc1c(F)ccc2[nH]c(=O)cc(-c3c(F)c4nc(OCC56CCCN5CC(F)C6)nc(N5CCOCC(C)(O)C5)c4c4ccnn34)c12. The molecule has 3 fully saturated rings. The zero-order chi connectivity index (χ0) is 33.4. The van der Waals surface area contributed by atoms with Crippen molar-refractivity contribution in [2.45, 2.75) is 43.5 Å². The molecule has 5 aromatic rings. The Bertz CT molecular complexity index is 2210. The summed E-state index contributed by atoms with van der Waals surface area (Å²) in [7, 11) is 0. The largest absolute Gasteiger partial charge is 0.461 e. The Kier molecular flexibility index (Phi) is 7.13. The lowest BCUT2D eigenvalue weighted by atomic mass is 9.95. The van der Waals surface area contributed by atoms with Gasteiger partial charge in [-0.1, -0.05) is 5.92 Å². The number of hydrogen-bond acceptors (Lipinski definition) is 9. The second kappa shape index (κ2) is 11.2. The monoisotopic (exact) mass is 659 g/mol. The van der Waals surface area contributed by atoms with Crippen molar-refractivity contribution in [3.05, 3.63) is 58.0 Å². The Labute approximate surface area is 272 Å². The Morgan fingerprint density at radius 3 is 2.92 bits per heavy atom. The van der Waals surface area contributed by atoms with Crippen LogP contribution in [-0.2, 0) is 4.74 Å². The fourth-order valence-electron chi connectivity index (χ4n) is 7.72. The lowest BCUT2D eigenvalue weighted by Gasteiger charge is -2.31. The van der Waals surface area contributed by atoms with E-state index < -0.39 is 34.5 Å². The third-order valence-electron chi connectivity index (χ3n) is 9.73. The van der Waals surface area contributed by atoms with Gasteiger partial charge in [-0.15, -0.1) is 6.42 Å². The molecule has 0 bridgehead atoms. The number of nitrogens with one attached hydrogen (secondary N) is 1. The highest BCUT2D eigenvalue weighted by Gasteiger charge is 2.49. The number of benzene rings is 1. The first-order valence-electron chi connectivity index (χ1n) is 15.8. The standard InChI is InChI=1S/C34H32F3N7O4/c1-3-20-22(36)5-6-23-26(20)21(13-25(45)39-23)30-28(37)29-27(24-7-9-38-44(24)30)31(42-11-12-47-17-33(2,46)16-42)41-32(40-29)48-18-34-8-4-10-43(34)15-19(35)14-34/h1,5-7,9,13,19,46H,4,8,10-12,14-18H2,2H3,(H,39,45). The lowest BCUT2D eigenvalue weighted by Crippen LogP contribution is -2.44. The van der Waals surface area contributed by atoms with E-state index in [2.05, 4.69) is 25.9 Å². The Morgan fingerprint density at radius 2 is 2.08 bits per heavy atom. The molecule has 248 valence electrons. The van der Waals surface area contributed by atoms with Crippen LogP contribution in [-0.4, -0.2) is 97.9 Å². The van der Waals surface area contributed by atoms with Crippen LogP contribution in [0.25, 0.3) is 38.6 Å². The minimum atomic E-state index is -1.26. The number of anilines is 1. The first kappa shape index (κ1) is 30.6. The Balaban J connectivity index is 1.38. The molecule has 8 rings (SSSR count). The van der Waals surface area contributed by atoms with Gasteiger partial charge in [0.1, 0.15) is 41.2 Å². The molecule has 4 aromatic heterocycles. The summed E-state index contributed by atoms with van der Waals surface area (Å²) in [5.41, 5.74) is -2.18. The number of rotatable bonds is 5. The van der Waals surface area contributed by atoms with Crippen molar-refractivity contribution in [3.8, 4) is 29.6 Å². The number of aromatic amines is 1. The third-order valence-corrected chi connectivity index (χ3v) is 9.73. The van der Waals surface area contributed by atoms with Crippen LogP contribution in [0, 0.1) is 24.0 Å². The number of β-amino-alcohol motifs (C(OH)–C–C–N with tert-alkyl or cyclic N) is 1. The third kappa shape index (κ3) is 4.87. The Morgan fingerprint density at radius 1 is 1.23 bits per heavy atom. The molecule has 3 aliphatic heterocycles. The van der Waals surface area contributed by atoms with Crippen LogP contribution in [0.4, 0.5) is 19.0 Å². The average molecular weight is 660 g/mol. The minimum Gasteiger partial charge on any atom is -0.461 e. The maximum Gasteiger partial charge on any atom is 0.319 e. The van der Waals surface area contributed by atoms with E-state index in [-0.39, 0.29) is 76.8 Å². The first-order valence-corrected chi connectivity index (χ1v) is 15.8. The molecule has 14 heteroatoms. The number of H-pyrrole nitrogens is 1. The number of hydrogen-bond donors (Lipinski definition) is 2. The van der Waals surface area contributed by atoms with Gasteiger partial charge >= 0.3 is 6.01 Å². The normalized spacial score (nSPS) is 24.8. The summed E-state index contributed by atoms with van der Waals surface area (Å²) in [5, 5.41) is 15.9. The van der Waals surface area contributed by atoms with Gasteiger partial charge in [0.15, 0.2) is 5.82 Å². The van der Waals surface area contributed by atoms with Crippen molar-refractivity contribution in [1.82, 2.24) is 29.5 Å². The van der Waals surface area contributed by atoms with Crippen molar-refractivity contribution >= 4 is 33.1 Å². The van der Waals surface area contributed by atoms with Crippen LogP contribution in [0.2, 0.25) is 0 Å². The van der Waals surface area contributed by atoms with Gasteiger partial charge in [-0.2, -0.15) is 15.1 Å². The number of alkyl halides is 1. The van der Waals surface area contributed by atoms with Gasteiger partial charge in [0, 0.05) is 36.5 Å². The highest BCUT2D eigenvalue weighted by atomic mass is 19.1. The quantitative estimate of drug-likeness (QED) is 0.273. The summed E-state index contributed by atoms with van der Waals surface area (Å²) < 4.78 is 60.1. The second-order valence-electron chi connectivity index (χ2n) is 13.2. The van der Waals surface area contributed by atoms with Crippen molar-refractivity contribution in [2.75, 3.05) is 50.9 Å². The van der Waals surface area contributed by atoms with Crippen LogP contribution in [0.5, 0.6) is 6.01 Å². The summed E-state index contributed by atoms with van der Waals surface area (Å²) in [5.74, 6) is 1.02. The number of aromatic nitrogens is 5. The van der Waals surface area contributed by atoms with Crippen molar-refractivity contribution < 1.29 is 27.8 Å². The van der Waals surface area contributed by atoms with Gasteiger partial charge in [0.25, 0.3) is 0 Å². The summed E-state index contributed by atoms with van der Waals surface area (Å²) in [6, 6.07) is 5.18. The van der Waals surface area contributed by atoms with E-state index in [4.69, 9.17) is 20.9 Å². The van der Waals surface area contributed by atoms with Crippen LogP contribution < -0.4 is 15.2 Å². The fourth-order valence-corrected chi connectivity index (χ4v) is 7.72. The van der Waals surface area contributed by atoms with Gasteiger partial charge in [-0.05, 0) is 44.5 Å². The van der Waals surface area contributed by atoms with Crippen LogP contribution >= 0.6 is 0 Å². The zero-order valence-electron chi connectivity index (χ0n) is 26.1. The fraction of sp³-hybridized carbons (Fsp3) is 0.412. The van der Waals surface area contributed by atoms with E-state index in [0.717, 1.165) is 31.5 Å². The van der Waals surface area contributed by atoms with Crippen molar-refractivity contribution in [1.29, 1.82) is 0 Å². The molecule has 11 nitrogen and oxygen atoms in total. The van der Waals surface area contributed by atoms with Crippen LogP contribution in [0.1, 0.15) is 31.7 Å². The highest BCUT2D eigenvalue weighted by molar-refractivity contribution is 6.06. The van der Waals surface area contributed by atoms with E-state index in [1.165, 1.54) is 16.8 Å². The van der Waals surface area contributed by atoms with E-state index in [1.54, 1.807) is 17.9 Å². The van der Waals surface area contributed by atoms with E-state index in [0.29, 0.717) is 25.0 Å². The molecule has 7 heterocycles. The summed E-state index contributed by atoms with van der Waals surface area (Å²) in [6.45, 7) is 3.61. The molecule has 1 aromatic carbocycles. The predicted molar refractivity (Wildman–Crippen MR) is 172 cm³/mol. The smallest absolute Gasteiger partial charge is 0.319 e.